The number of amides is 2. The van der Waals surface area contributed by atoms with E-state index in [2.05, 4.69) is 10.6 Å². The molecule has 58 heavy (non-hydrogen) atoms. The maximum absolute atomic E-state index is 12.7. The van der Waals surface area contributed by atoms with Gasteiger partial charge in [-0.2, -0.15) is 0 Å². The Morgan fingerprint density at radius 1 is 0.534 bits per heavy atom. The maximum atomic E-state index is 12.7. The van der Waals surface area contributed by atoms with E-state index in [4.69, 9.17) is 65.4 Å². The Morgan fingerprint density at radius 2 is 0.879 bits per heavy atom. The summed E-state index contributed by atoms with van der Waals surface area (Å²) >= 11 is 24.3. The van der Waals surface area contributed by atoms with Crippen LogP contribution in [0.3, 0.4) is 0 Å². The standard InChI is InChI=1S/2C22H23Cl2NO4/c2*1-22(2,3)29-18(26)12-17-21(27)25-19(13-7-9-15(23)10-8-13)20(28-17)14-5-4-6-16(24)11-14/h2*4-11,17,19-20H,12H2,1-3H3,(H,25,27)/t17-,19+,20+;17-,19-,20-/m01/s1. The predicted octanol–water partition coefficient (Wildman–Crippen LogP) is 10.0. The summed E-state index contributed by atoms with van der Waals surface area (Å²) in [6, 6.07) is 28.0. The van der Waals surface area contributed by atoms with Gasteiger partial charge in [0.1, 0.15) is 35.6 Å². The minimum Gasteiger partial charge on any atom is -0.460 e. The van der Waals surface area contributed by atoms with Gasteiger partial charge in [-0.15, -0.1) is 0 Å². The first-order valence-corrected chi connectivity index (χ1v) is 20.1. The van der Waals surface area contributed by atoms with Gasteiger partial charge in [0.15, 0.2) is 0 Å². The maximum Gasteiger partial charge on any atom is 0.309 e. The Hall–Kier alpha value is -4.16. The molecule has 0 aromatic heterocycles. The zero-order valence-corrected chi connectivity index (χ0v) is 35.9. The highest BCUT2D eigenvalue weighted by Crippen LogP contribution is 2.40. The van der Waals surface area contributed by atoms with Crippen molar-refractivity contribution in [3.63, 3.8) is 0 Å². The van der Waals surface area contributed by atoms with Crippen LogP contribution in [-0.4, -0.2) is 47.2 Å². The number of carbonyl (C=O) groups excluding carboxylic acids is 4. The molecule has 6 atom stereocenters. The molecule has 4 aromatic rings. The largest absolute Gasteiger partial charge is 0.460 e. The summed E-state index contributed by atoms with van der Waals surface area (Å²) in [6.07, 6.45) is -3.32. The molecule has 0 radical (unpaired) electrons. The van der Waals surface area contributed by atoms with Gasteiger partial charge in [0.05, 0.1) is 24.9 Å². The lowest BCUT2D eigenvalue weighted by molar-refractivity contribution is -0.168. The molecule has 0 saturated carbocycles. The molecule has 2 aliphatic rings. The minimum absolute atomic E-state index is 0.173. The number of carbonyl (C=O) groups is 4. The second-order valence-corrected chi connectivity index (χ2v) is 17.6. The Morgan fingerprint density at radius 3 is 1.19 bits per heavy atom. The normalized spacial score (nSPS) is 22.1. The van der Waals surface area contributed by atoms with Crippen LogP contribution in [0.1, 0.15) is 101 Å². The lowest BCUT2D eigenvalue weighted by atomic mass is 9.93. The summed E-state index contributed by atoms with van der Waals surface area (Å²) < 4.78 is 22.9. The lowest BCUT2D eigenvalue weighted by Gasteiger charge is -2.37. The fourth-order valence-corrected chi connectivity index (χ4v) is 7.04. The van der Waals surface area contributed by atoms with E-state index in [1.54, 1.807) is 90.1 Å². The number of nitrogens with one attached hydrogen (secondary N) is 2. The summed E-state index contributed by atoms with van der Waals surface area (Å²) in [6.45, 7) is 10.7. The first-order chi connectivity index (χ1) is 27.2. The fraction of sp³-hybridized carbons (Fsp3) is 0.364. The molecule has 4 aromatic carbocycles. The summed E-state index contributed by atoms with van der Waals surface area (Å²) in [5, 5.41) is 8.27. The highest BCUT2D eigenvalue weighted by molar-refractivity contribution is 6.31. The monoisotopic (exact) mass is 870 g/mol. The number of esters is 2. The number of morpholine rings is 2. The highest BCUT2D eigenvalue weighted by atomic mass is 35.5. The van der Waals surface area contributed by atoms with Crippen molar-refractivity contribution in [2.24, 2.45) is 0 Å². The van der Waals surface area contributed by atoms with Gasteiger partial charge in [0, 0.05) is 20.1 Å². The van der Waals surface area contributed by atoms with Crippen LogP contribution in [0.15, 0.2) is 97.1 Å². The topological polar surface area (TPSA) is 129 Å². The molecule has 2 N–H and O–H groups in total. The van der Waals surface area contributed by atoms with Crippen molar-refractivity contribution in [2.45, 2.75) is 102 Å². The van der Waals surface area contributed by atoms with E-state index in [-0.39, 0.29) is 24.7 Å². The number of hydrogen-bond acceptors (Lipinski definition) is 8. The summed E-state index contributed by atoms with van der Waals surface area (Å²) in [5.41, 5.74) is 1.99. The molecule has 2 saturated heterocycles. The number of rotatable bonds is 8. The zero-order valence-electron chi connectivity index (χ0n) is 32.9. The first kappa shape index (κ1) is 44.9. The highest BCUT2D eigenvalue weighted by Gasteiger charge is 2.41. The van der Waals surface area contributed by atoms with Gasteiger partial charge in [-0.3, -0.25) is 19.2 Å². The molecule has 2 fully saturated rings. The summed E-state index contributed by atoms with van der Waals surface area (Å²) in [7, 11) is 0. The summed E-state index contributed by atoms with van der Waals surface area (Å²) in [5.74, 6) is -1.72. The SMILES string of the molecule is CC(C)(C)OC(=O)C[C@@H]1O[C@H](c2cccc(Cl)c2)[C@@H](c2ccc(Cl)cc2)NC1=O.CC(C)(C)OC(=O)C[C@H]1O[C@H](c2cccc(Cl)c2)[C@@H](c2ccc(Cl)cc2)NC1=O. The smallest absolute Gasteiger partial charge is 0.309 e. The number of ether oxygens (including phenoxy) is 4. The summed E-state index contributed by atoms with van der Waals surface area (Å²) in [4.78, 5) is 49.9. The van der Waals surface area contributed by atoms with Crippen LogP contribution < -0.4 is 10.6 Å². The van der Waals surface area contributed by atoms with E-state index < -0.39 is 59.6 Å². The van der Waals surface area contributed by atoms with Crippen molar-refractivity contribution < 1.29 is 38.1 Å². The van der Waals surface area contributed by atoms with Crippen LogP contribution in [0, 0.1) is 0 Å². The van der Waals surface area contributed by atoms with Crippen molar-refractivity contribution >= 4 is 70.2 Å². The molecular weight excluding hydrogens is 826 g/mol. The van der Waals surface area contributed by atoms with Crippen molar-refractivity contribution in [1.29, 1.82) is 0 Å². The fourth-order valence-electron chi connectivity index (χ4n) is 6.39. The third kappa shape index (κ3) is 12.9. The van der Waals surface area contributed by atoms with Crippen LogP contribution in [0.25, 0.3) is 0 Å². The molecule has 2 aliphatic heterocycles. The molecule has 2 heterocycles. The van der Waals surface area contributed by atoms with Gasteiger partial charge < -0.3 is 29.6 Å². The van der Waals surface area contributed by atoms with Crippen LogP contribution in [0.4, 0.5) is 0 Å². The molecule has 0 spiro atoms. The van der Waals surface area contributed by atoms with E-state index >= 15 is 0 Å². The molecule has 0 bridgehead atoms. The third-order valence-electron chi connectivity index (χ3n) is 8.76. The van der Waals surface area contributed by atoms with E-state index in [9.17, 15) is 19.2 Å². The third-order valence-corrected chi connectivity index (χ3v) is 9.74. The van der Waals surface area contributed by atoms with Crippen LogP contribution >= 0.6 is 46.4 Å². The van der Waals surface area contributed by atoms with Crippen molar-refractivity contribution in [3.05, 3.63) is 139 Å². The van der Waals surface area contributed by atoms with Crippen LogP contribution in [0.2, 0.25) is 20.1 Å². The Labute approximate surface area is 358 Å². The quantitative estimate of drug-likeness (QED) is 0.168. The average Bonchev–Trinajstić information content (AvgIpc) is 3.12. The second-order valence-electron chi connectivity index (χ2n) is 15.9. The van der Waals surface area contributed by atoms with E-state index in [1.807, 2.05) is 48.5 Å². The van der Waals surface area contributed by atoms with E-state index in [0.29, 0.717) is 20.1 Å². The Balaban J connectivity index is 0.000000221. The van der Waals surface area contributed by atoms with Crippen molar-refractivity contribution in [2.75, 3.05) is 0 Å². The molecule has 2 amide bonds. The van der Waals surface area contributed by atoms with Gasteiger partial charge in [0.25, 0.3) is 0 Å². The molecule has 10 nitrogen and oxygen atoms in total. The van der Waals surface area contributed by atoms with E-state index in [1.165, 1.54) is 0 Å². The predicted molar refractivity (Wildman–Crippen MR) is 224 cm³/mol. The average molecular weight is 873 g/mol. The molecule has 0 aliphatic carbocycles. The first-order valence-electron chi connectivity index (χ1n) is 18.6. The van der Waals surface area contributed by atoms with E-state index in [0.717, 1.165) is 22.3 Å². The number of halogens is 4. The number of hydrogen-bond donors (Lipinski definition) is 2. The Kier molecular flexibility index (Phi) is 14.9. The van der Waals surface area contributed by atoms with Gasteiger partial charge in [-0.25, -0.2) is 0 Å². The minimum atomic E-state index is -0.961. The van der Waals surface area contributed by atoms with Gasteiger partial charge >= 0.3 is 11.9 Å². The molecular formula is C44H46Cl4N2O8. The lowest BCUT2D eigenvalue weighted by Crippen LogP contribution is -2.49. The number of benzene rings is 4. The molecule has 14 heteroatoms. The van der Waals surface area contributed by atoms with Crippen LogP contribution in [0.5, 0.6) is 0 Å². The molecule has 308 valence electrons. The Bertz CT molecular complexity index is 1930. The van der Waals surface area contributed by atoms with Crippen molar-refractivity contribution in [1.82, 2.24) is 10.6 Å². The zero-order chi connectivity index (χ0) is 42.4. The van der Waals surface area contributed by atoms with Gasteiger partial charge in [-0.1, -0.05) is 94.9 Å². The van der Waals surface area contributed by atoms with Crippen LogP contribution in [-0.2, 0) is 38.1 Å². The second kappa shape index (κ2) is 19.3. The molecule has 6 rings (SSSR count). The van der Waals surface area contributed by atoms with Gasteiger partial charge in [0.2, 0.25) is 11.8 Å². The van der Waals surface area contributed by atoms with Crippen molar-refractivity contribution in [3.8, 4) is 0 Å². The van der Waals surface area contributed by atoms with Gasteiger partial charge in [-0.05, 0) is 112 Å². The molecule has 0 unspecified atom stereocenters.